The van der Waals surface area contributed by atoms with Crippen molar-refractivity contribution >= 4 is 11.7 Å². The second-order valence-corrected chi connectivity index (χ2v) is 3.80. The zero-order valence-corrected chi connectivity index (χ0v) is 9.90. The molecule has 18 heavy (non-hydrogen) atoms. The Balaban J connectivity index is 2.31. The lowest BCUT2D eigenvalue weighted by Gasteiger charge is -2.07. The first-order valence-corrected chi connectivity index (χ1v) is 5.52. The summed E-state index contributed by atoms with van der Waals surface area (Å²) in [4.78, 5) is 11.3. The molecule has 102 valence electrons. The summed E-state index contributed by atoms with van der Waals surface area (Å²) in [5.74, 6) is -0.244. The van der Waals surface area contributed by atoms with Crippen LogP contribution in [0.25, 0.3) is 0 Å². The Morgan fingerprint density at radius 1 is 1.50 bits per heavy atom. The standard InChI is InChI=1S/C10H15F3N4O/c1-2-3-7-4-8(17-16-7)15-9(18)5-14-6-10(11,12)13/h4,14H,2-3,5-6H2,1H3,(H2,15,16,17,18). The number of aryl methyl sites for hydroxylation is 1. The number of anilines is 1. The zero-order chi connectivity index (χ0) is 13.6. The molecule has 0 spiro atoms. The van der Waals surface area contributed by atoms with Gasteiger partial charge in [-0.2, -0.15) is 18.3 Å². The predicted molar refractivity (Wildman–Crippen MR) is 60.1 cm³/mol. The molecule has 0 unspecified atom stereocenters. The number of H-pyrrole nitrogens is 1. The van der Waals surface area contributed by atoms with Crippen molar-refractivity contribution in [3.8, 4) is 0 Å². The fraction of sp³-hybridized carbons (Fsp3) is 0.600. The van der Waals surface area contributed by atoms with E-state index in [9.17, 15) is 18.0 Å². The van der Waals surface area contributed by atoms with Gasteiger partial charge in [-0.25, -0.2) is 0 Å². The van der Waals surface area contributed by atoms with Gasteiger partial charge in [-0.3, -0.25) is 9.89 Å². The average Bonchev–Trinajstić information content (AvgIpc) is 2.64. The largest absolute Gasteiger partial charge is 0.401 e. The third kappa shape index (κ3) is 5.67. The van der Waals surface area contributed by atoms with E-state index in [1.54, 1.807) is 6.07 Å². The molecule has 0 aliphatic rings. The minimum absolute atomic E-state index is 0.317. The number of nitrogens with zero attached hydrogens (tertiary/aromatic N) is 1. The Morgan fingerprint density at radius 3 is 2.83 bits per heavy atom. The first-order valence-electron chi connectivity index (χ1n) is 5.52. The van der Waals surface area contributed by atoms with E-state index in [-0.39, 0.29) is 0 Å². The van der Waals surface area contributed by atoms with Gasteiger partial charge in [0.05, 0.1) is 13.1 Å². The Bertz CT molecular complexity index is 389. The molecule has 1 heterocycles. The molecule has 0 aromatic carbocycles. The normalized spacial score (nSPS) is 11.6. The van der Waals surface area contributed by atoms with Crippen LogP contribution in [-0.4, -0.2) is 35.4 Å². The van der Waals surface area contributed by atoms with E-state index in [0.29, 0.717) is 5.82 Å². The SMILES string of the molecule is CCCc1cc(NC(=O)CNCC(F)(F)F)n[nH]1. The fourth-order valence-electron chi connectivity index (χ4n) is 1.33. The summed E-state index contributed by atoms with van der Waals surface area (Å²) in [6, 6.07) is 1.66. The van der Waals surface area contributed by atoms with Crippen molar-refractivity contribution in [1.82, 2.24) is 15.5 Å². The van der Waals surface area contributed by atoms with Gasteiger partial charge in [0.2, 0.25) is 5.91 Å². The number of aromatic amines is 1. The molecule has 1 rings (SSSR count). The van der Waals surface area contributed by atoms with Gasteiger partial charge in [0, 0.05) is 11.8 Å². The van der Waals surface area contributed by atoms with Crippen LogP contribution in [0.15, 0.2) is 6.07 Å². The highest BCUT2D eigenvalue weighted by Gasteiger charge is 2.26. The Morgan fingerprint density at radius 2 is 2.22 bits per heavy atom. The maximum atomic E-state index is 11.8. The molecule has 0 radical (unpaired) electrons. The van der Waals surface area contributed by atoms with Crippen LogP contribution < -0.4 is 10.6 Å². The second kappa shape index (κ2) is 6.39. The lowest BCUT2D eigenvalue weighted by Crippen LogP contribution is -2.35. The molecular formula is C10H15F3N4O. The molecule has 8 heteroatoms. The van der Waals surface area contributed by atoms with E-state index in [2.05, 4.69) is 15.5 Å². The van der Waals surface area contributed by atoms with E-state index in [4.69, 9.17) is 0 Å². The van der Waals surface area contributed by atoms with Gasteiger partial charge >= 0.3 is 6.18 Å². The average molecular weight is 264 g/mol. The number of aromatic nitrogens is 2. The molecule has 1 amide bonds. The minimum atomic E-state index is -4.32. The van der Waals surface area contributed by atoms with Crippen LogP contribution in [0.1, 0.15) is 19.0 Å². The van der Waals surface area contributed by atoms with Gasteiger partial charge in [0.15, 0.2) is 5.82 Å². The van der Waals surface area contributed by atoms with Crippen LogP contribution >= 0.6 is 0 Å². The van der Waals surface area contributed by atoms with E-state index < -0.39 is 25.2 Å². The van der Waals surface area contributed by atoms with Crippen LogP contribution in [0, 0.1) is 0 Å². The van der Waals surface area contributed by atoms with Gasteiger partial charge in [0.1, 0.15) is 0 Å². The molecule has 0 bridgehead atoms. The van der Waals surface area contributed by atoms with Gasteiger partial charge in [-0.15, -0.1) is 0 Å². The number of halogens is 3. The van der Waals surface area contributed by atoms with Gasteiger partial charge in [0.25, 0.3) is 0 Å². The quantitative estimate of drug-likeness (QED) is 0.728. The monoisotopic (exact) mass is 264 g/mol. The van der Waals surface area contributed by atoms with E-state index in [1.165, 1.54) is 0 Å². The van der Waals surface area contributed by atoms with Crippen LogP contribution in [-0.2, 0) is 11.2 Å². The molecule has 3 N–H and O–H groups in total. The summed E-state index contributed by atoms with van der Waals surface area (Å²) in [5, 5.41) is 11.0. The number of nitrogens with one attached hydrogen (secondary N) is 3. The molecule has 0 aliphatic heterocycles. The molecule has 5 nitrogen and oxygen atoms in total. The maximum Gasteiger partial charge on any atom is 0.401 e. The van der Waals surface area contributed by atoms with Crippen LogP contribution in [0.5, 0.6) is 0 Å². The molecule has 1 aromatic rings. The molecule has 0 saturated heterocycles. The van der Waals surface area contributed by atoms with Crippen molar-refractivity contribution in [3.63, 3.8) is 0 Å². The molecular weight excluding hydrogens is 249 g/mol. The second-order valence-electron chi connectivity index (χ2n) is 3.80. The lowest BCUT2D eigenvalue weighted by molar-refractivity contribution is -0.126. The Kier molecular flexibility index (Phi) is 5.14. The number of hydrogen-bond donors (Lipinski definition) is 3. The topological polar surface area (TPSA) is 69.8 Å². The number of carbonyl (C=O) groups is 1. The van der Waals surface area contributed by atoms with Crippen LogP contribution in [0.4, 0.5) is 19.0 Å². The van der Waals surface area contributed by atoms with E-state index in [1.807, 2.05) is 12.2 Å². The third-order valence-corrected chi connectivity index (χ3v) is 2.03. The number of rotatable bonds is 6. The Hall–Kier alpha value is -1.57. The maximum absolute atomic E-state index is 11.8. The minimum Gasteiger partial charge on any atom is -0.308 e. The fourth-order valence-corrected chi connectivity index (χ4v) is 1.33. The van der Waals surface area contributed by atoms with Crippen molar-refractivity contribution in [2.45, 2.75) is 25.9 Å². The number of alkyl halides is 3. The van der Waals surface area contributed by atoms with Crippen molar-refractivity contribution in [1.29, 1.82) is 0 Å². The highest BCUT2D eigenvalue weighted by Crippen LogP contribution is 2.12. The smallest absolute Gasteiger partial charge is 0.308 e. The summed E-state index contributed by atoms with van der Waals surface area (Å²) >= 11 is 0. The summed E-state index contributed by atoms with van der Waals surface area (Å²) < 4.78 is 35.4. The highest BCUT2D eigenvalue weighted by molar-refractivity contribution is 5.91. The lowest BCUT2D eigenvalue weighted by atomic mass is 10.2. The van der Waals surface area contributed by atoms with Gasteiger partial charge in [-0.1, -0.05) is 13.3 Å². The van der Waals surface area contributed by atoms with E-state index in [0.717, 1.165) is 18.5 Å². The Labute approximate surface area is 102 Å². The van der Waals surface area contributed by atoms with Gasteiger partial charge in [-0.05, 0) is 6.42 Å². The van der Waals surface area contributed by atoms with Crippen LogP contribution in [0.3, 0.4) is 0 Å². The summed E-state index contributed by atoms with van der Waals surface area (Å²) in [6.45, 7) is 0.400. The van der Waals surface area contributed by atoms with Crippen molar-refractivity contribution < 1.29 is 18.0 Å². The van der Waals surface area contributed by atoms with Gasteiger partial charge < -0.3 is 10.6 Å². The van der Waals surface area contributed by atoms with Crippen molar-refractivity contribution in [2.75, 3.05) is 18.4 Å². The summed E-state index contributed by atoms with van der Waals surface area (Å²) in [5.41, 5.74) is 0.871. The molecule has 0 saturated carbocycles. The first kappa shape index (κ1) is 14.5. The third-order valence-electron chi connectivity index (χ3n) is 2.03. The molecule has 0 fully saturated rings. The molecule has 0 aliphatic carbocycles. The zero-order valence-electron chi connectivity index (χ0n) is 9.90. The van der Waals surface area contributed by atoms with Crippen LogP contribution in [0.2, 0.25) is 0 Å². The van der Waals surface area contributed by atoms with Crippen molar-refractivity contribution in [2.24, 2.45) is 0 Å². The number of amides is 1. The van der Waals surface area contributed by atoms with E-state index >= 15 is 0 Å². The molecule has 0 atom stereocenters. The predicted octanol–water partition coefficient (Wildman–Crippen LogP) is 1.45. The van der Waals surface area contributed by atoms with Crippen molar-refractivity contribution in [3.05, 3.63) is 11.8 Å². The number of hydrogen-bond acceptors (Lipinski definition) is 3. The summed E-state index contributed by atoms with van der Waals surface area (Å²) in [7, 11) is 0. The summed E-state index contributed by atoms with van der Waals surface area (Å²) in [6.07, 6.45) is -2.58. The first-order chi connectivity index (χ1) is 8.40. The molecule has 1 aromatic heterocycles. The number of carbonyl (C=O) groups excluding carboxylic acids is 1. The highest BCUT2D eigenvalue weighted by atomic mass is 19.4.